The van der Waals surface area contributed by atoms with Gasteiger partial charge in [-0.3, -0.25) is 4.79 Å². The molecule has 29 heavy (non-hydrogen) atoms. The van der Waals surface area contributed by atoms with E-state index in [1.165, 1.54) is 28.3 Å². The Balaban J connectivity index is 1.37. The normalized spacial score (nSPS) is 21.3. The molecule has 5 nitrogen and oxygen atoms in total. The van der Waals surface area contributed by atoms with Gasteiger partial charge in [0.2, 0.25) is 10.0 Å². The lowest BCUT2D eigenvalue weighted by atomic mass is 9.81. The van der Waals surface area contributed by atoms with Crippen LogP contribution in [0, 0.1) is 0 Å². The van der Waals surface area contributed by atoms with E-state index in [1.807, 2.05) is 12.1 Å². The maximum absolute atomic E-state index is 12.9. The molecule has 1 aliphatic carbocycles. The van der Waals surface area contributed by atoms with Gasteiger partial charge in [-0.2, -0.15) is 4.31 Å². The summed E-state index contributed by atoms with van der Waals surface area (Å²) in [6, 6.07) is 12.6. The average molecular weight is 412 g/mol. The first-order chi connectivity index (χ1) is 14.0. The van der Waals surface area contributed by atoms with Gasteiger partial charge in [0, 0.05) is 25.9 Å². The van der Waals surface area contributed by atoms with Crippen LogP contribution in [0.15, 0.2) is 47.4 Å². The molecule has 0 aromatic heterocycles. The molecule has 5 rings (SSSR count). The Morgan fingerprint density at radius 1 is 0.931 bits per heavy atom. The summed E-state index contributed by atoms with van der Waals surface area (Å²) in [6.07, 6.45) is 5.82. The fourth-order valence-corrected chi connectivity index (χ4v) is 6.34. The van der Waals surface area contributed by atoms with Crippen LogP contribution in [0.4, 0.5) is 0 Å². The molecule has 1 saturated heterocycles. The summed E-state index contributed by atoms with van der Waals surface area (Å²) in [4.78, 5) is 13.2. The van der Waals surface area contributed by atoms with Crippen LogP contribution < -0.4 is 4.74 Å². The van der Waals surface area contributed by atoms with Crippen molar-refractivity contribution in [3.63, 3.8) is 0 Å². The highest BCUT2D eigenvalue weighted by Gasteiger charge is 2.45. The second-order valence-electron chi connectivity index (χ2n) is 8.43. The van der Waals surface area contributed by atoms with E-state index < -0.39 is 15.6 Å². The summed E-state index contributed by atoms with van der Waals surface area (Å²) < 4.78 is 33.7. The fraction of sp³-hybridized carbons (Fsp3) is 0.435. The minimum atomic E-state index is -3.51. The van der Waals surface area contributed by atoms with E-state index in [9.17, 15) is 13.2 Å². The van der Waals surface area contributed by atoms with Crippen LogP contribution in [0.25, 0.3) is 0 Å². The fourth-order valence-electron chi connectivity index (χ4n) is 4.88. The van der Waals surface area contributed by atoms with E-state index in [2.05, 4.69) is 6.07 Å². The van der Waals surface area contributed by atoms with Gasteiger partial charge in [0.1, 0.15) is 11.4 Å². The number of Topliss-reactive ketones (excluding diaryl/α,β-unsaturated/α-hetero) is 1. The summed E-state index contributed by atoms with van der Waals surface area (Å²) in [6.45, 7) is 0.732. The van der Waals surface area contributed by atoms with Gasteiger partial charge in [-0.15, -0.1) is 0 Å². The van der Waals surface area contributed by atoms with Gasteiger partial charge in [0.25, 0.3) is 0 Å². The summed E-state index contributed by atoms with van der Waals surface area (Å²) >= 11 is 0. The molecule has 0 N–H and O–H groups in total. The third-order valence-corrected chi connectivity index (χ3v) is 8.48. The molecule has 152 valence electrons. The molecule has 2 aliphatic heterocycles. The molecule has 0 bridgehead atoms. The molecule has 2 aromatic carbocycles. The number of piperidine rings is 1. The maximum Gasteiger partial charge on any atom is 0.243 e. The van der Waals surface area contributed by atoms with Crippen LogP contribution >= 0.6 is 0 Å². The van der Waals surface area contributed by atoms with Crippen molar-refractivity contribution in [2.45, 2.75) is 55.4 Å². The van der Waals surface area contributed by atoms with Crippen LogP contribution in [0.2, 0.25) is 0 Å². The number of ketones is 1. The molecule has 1 fully saturated rings. The molecule has 1 spiro atoms. The second-order valence-corrected chi connectivity index (χ2v) is 10.4. The van der Waals surface area contributed by atoms with E-state index >= 15 is 0 Å². The maximum atomic E-state index is 12.9. The summed E-state index contributed by atoms with van der Waals surface area (Å²) in [5.74, 6) is 0.820. The summed E-state index contributed by atoms with van der Waals surface area (Å²) in [7, 11) is -3.51. The smallest absolute Gasteiger partial charge is 0.243 e. The number of hydrogen-bond donors (Lipinski definition) is 0. The Kier molecular flexibility index (Phi) is 4.51. The van der Waals surface area contributed by atoms with Crippen LogP contribution in [0.1, 0.15) is 53.6 Å². The highest BCUT2D eigenvalue weighted by atomic mass is 32.2. The number of nitrogens with zero attached hydrogens (tertiary/aromatic N) is 1. The van der Waals surface area contributed by atoms with Crippen molar-refractivity contribution in [3.8, 4) is 5.75 Å². The van der Waals surface area contributed by atoms with Crippen LogP contribution in [0.3, 0.4) is 0 Å². The van der Waals surface area contributed by atoms with Gasteiger partial charge >= 0.3 is 0 Å². The SMILES string of the molecule is O=C1CC2(CCN(S(=O)(=O)c3ccccc3)CC2)Oc2cc3c(cc21)CCCC3. The lowest BCUT2D eigenvalue weighted by molar-refractivity contribution is 0.00581. The van der Waals surface area contributed by atoms with E-state index in [1.54, 1.807) is 24.3 Å². The van der Waals surface area contributed by atoms with E-state index in [0.717, 1.165) is 12.8 Å². The van der Waals surface area contributed by atoms with Gasteiger partial charge in [0.05, 0.1) is 16.9 Å². The van der Waals surface area contributed by atoms with Gasteiger partial charge in [0.15, 0.2) is 5.78 Å². The van der Waals surface area contributed by atoms with E-state index in [4.69, 9.17) is 4.74 Å². The number of rotatable bonds is 2. The zero-order valence-electron chi connectivity index (χ0n) is 16.4. The number of sulfonamides is 1. The van der Waals surface area contributed by atoms with E-state index in [-0.39, 0.29) is 5.78 Å². The van der Waals surface area contributed by atoms with Gasteiger partial charge < -0.3 is 4.74 Å². The molecule has 2 heterocycles. The topological polar surface area (TPSA) is 63.7 Å². The quantitative estimate of drug-likeness (QED) is 0.755. The third-order valence-electron chi connectivity index (χ3n) is 6.57. The van der Waals surface area contributed by atoms with Crippen molar-refractivity contribution in [2.75, 3.05) is 13.1 Å². The van der Waals surface area contributed by atoms with Crippen LogP contribution in [-0.4, -0.2) is 37.2 Å². The summed E-state index contributed by atoms with van der Waals surface area (Å²) in [5, 5.41) is 0. The first-order valence-corrected chi connectivity index (χ1v) is 11.8. The average Bonchev–Trinajstić information content (AvgIpc) is 2.73. The number of aryl methyl sites for hydroxylation is 2. The van der Waals surface area contributed by atoms with Crippen molar-refractivity contribution in [3.05, 3.63) is 59.2 Å². The second kappa shape index (κ2) is 6.96. The molecule has 0 unspecified atom stereocenters. The van der Waals surface area contributed by atoms with E-state index in [0.29, 0.717) is 48.6 Å². The zero-order valence-corrected chi connectivity index (χ0v) is 17.2. The highest BCUT2D eigenvalue weighted by molar-refractivity contribution is 7.89. The molecule has 3 aliphatic rings. The van der Waals surface area contributed by atoms with Crippen molar-refractivity contribution in [2.24, 2.45) is 0 Å². The van der Waals surface area contributed by atoms with Crippen molar-refractivity contribution < 1.29 is 17.9 Å². The van der Waals surface area contributed by atoms with Gasteiger partial charge in [-0.1, -0.05) is 18.2 Å². The molecule has 0 saturated carbocycles. The molecule has 6 heteroatoms. The third kappa shape index (κ3) is 3.28. The zero-order chi connectivity index (χ0) is 20.1. The first-order valence-electron chi connectivity index (χ1n) is 10.4. The number of benzene rings is 2. The lowest BCUT2D eigenvalue weighted by Gasteiger charge is -2.43. The summed E-state index contributed by atoms with van der Waals surface area (Å²) in [5.41, 5.74) is 2.70. The number of hydrogen-bond acceptors (Lipinski definition) is 4. The molecular formula is C23H25NO4S. The predicted octanol–water partition coefficient (Wildman–Crippen LogP) is 3.75. The molecule has 2 aromatic rings. The largest absolute Gasteiger partial charge is 0.486 e. The minimum Gasteiger partial charge on any atom is -0.486 e. The van der Waals surface area contributed by atoms with Crippen molar-refractivity contribution >= 4 is 15.8 Å². The standard InChI is InChI=1S/C23H25NO4S/c25-21-16-23(28-22-15-18-7-5-4-6-17(18)14-20(21)22)10-12-24(13-11-23)29(26,27)19-8-2-1-3-9-19/h1-3,8-9,14-15H,4-7,10-13,16H2. The van der Waals surface area contributed by atoms with Gasteiger partial charge in [-0.25, -0.2) is 8.42 Å². The molecule has 0 atom stereocenters. The Morgan fingerprint density at radius 2 is 1.59 bits per heavy atom. The number of ether oxygens (including phenoxy) is 1. The monoisotopic (exact) mass is 411 g/mol. The number of carbonyl (C=O) groups is 1. The van der Waals surface area contributed by atoms with Crippen molar-refractivity contribution in [1.29, 1.82) is 0 Å². The van der Waals surface area contributed by atoms with Crippen LogP contribution in [-0.2, 0) is 22.9 Å². The number of fused-ring (bicyclic) bond motifs is 2. The Labute approximate surface area is 171 Å². The minimum absolute atomic E-state index is 0.124. The van der Waals surface area contributed by atoms with Gasteiger partial charge in [-0.05, 0) is 61.1 Å². The molecular weight excluding hydrogens is 386 g/mol. The van der Waals surface area contributed by atoms with Crippen molar-refractivity contribution in [1.82, 2.24) is 4.31 Å². The number of carbonyl (C=O) groups excluding carboxylic acids is 1. The molecule has 0 amide bonds. The first kappa shape index (κ1) is 18.8. The lowest BCUT2D eigenvalue weighted by Crippen LogP contribution is -2.52. The van der Waals surface area contributed by atoms with Crippen LogP contribution in [0.5, 0.6) is 5.75 Å². The highest BCUT2D eigenvalue weighted by Crippen LogP contribution is 2.42. The molecule has 0 radical (unpaired) electrons. The Bertz CT molecular complexity index is 1050. The Morgan fingerprint density at radius 3 is 2.28 bits per heavy atom. The predicted molar refractivity (Wildman–Crippen MR) is 110 cm³/mol. The Hall–Kier alpha value is -2.18.